The smallest absolute Gasteiger partial charge is 0.00883 e. The average molecular weight is 138 g/mol. The summed E-state index contributed by atoms with van der Waals surface area (Å²) >= 11 is 1.83. The molecule has 0 aliphatic carbocycles. The molecule has 0 amide bonds. The third kappa shape index (κ3) is 0.884. The topological polar surface area (TPSA) is 14.1 Å². The Balaban J connectivity index is 2.39. The molecule has 0 saturated carbocycles. The van der Waals surface area contributed by atoms with Gasteiger partial charge < -0.3 is 5.32 Å². The van der Waals surface area contributed by atoms with Crippen LogP contribution in [0.4, 0.5) is 0 Å². The van der Waals surface area contributed by atoms with Crippen molar-refractivity contribution in [2.24, 2.45) is 0 Å². The summed E-state index contributed by atoms with van der Waals surface area (Å²) in [5, 5.41) is 6.46. The highest BCUT2D eigenvalue weighted by molar-refractivity contribution is 7.10. The molecule has 0 bridgehead atoms. The van der Waals surface area contributed by atoms with E-state index in [-0.39, 0.29) is 0 Å². The summed E-state index contributed by atoms with van der Waals surface area (Å²) < 4.78 is 0. The second-order valence-electron chi connectivity index (χ2n) is 2.22. The molecule has 2 rings (SSSR count). The van der Waals surface area contributed by atoms with Crippen molar-refractivity contribution in [1.29, 1.82) is 0 Å². The lowest BCUT2D eigenvalue weighted by Crippen LogP contribution is -2.00. The molecule has 2 heteroatoms. The molecule has 0 N–H and O–H groups in total. The lowest BCUT2D eigenvalue weighted by molar-refractivity contribution is 0.927. The summed E-state index contributed by atoms with van der Waals surface area (Å²) in [4.78, 5) is 1.47. The minimum Gasteiger partial charge on any atom is -0.658 e. The second kappa shape index (κ2) is 2.12. The van der Waals surface area contributed by atoms with Crippen molar-refractivity contribution in [3.63, 3.8) is 0 Å². The van der Waals surface area contributed by atoms with Gasteiger partial charge in [0.15, 0.2) is 0 Å². The predicted molar refractivity (Wildman–Crippen MR) is 40.0 cm³/mol. The van der Waals surface area contributed by atoms with Crippen molar-refractivity contribution in [3.05, 3.63) is 27.2 Å². The van der Waals surface area contributed by atoms with Crippen LogP contribution < -0.4 is 0 Å². The normalized spacial score (nSPS) is 17.3. The monoisotopic (exact) mass is 138 g/mol. The Morgan fingerprint density at radius 1 is 1.56 bits per heavy atom. The van der Waals surface area contributed by atoms with Gasteiger partial charge in [0.25, 0.3) is 0 Å². The Labute approximate surface area is 58.7 Å². The Kier molecular flexibility index (Phi) is 1.28. The third-order valence-corrected chi connectivity index (χ3v) is 2.58. The van der Waals surface area contributed by atoms with Crippen LogP contribution in [0, 0.1) is 0 Å². The molecule has 2 heterocycles. The first-order chi connectivity index (χ1) is 4.47. The summed E-state index contributed by atoms with van der Waals surface area (Å²) in [6.45, 7) is 2.00. The molecule has 9 heavy (non-hydrogen) atoms. The highest BCUT2D eigenvalue weighted by Crippen LogP contribution is 2.24. The van der Waals surface area contributed by atoms with E-state index >= 15 is 0 Å². The maximum absolute atomic E-state index is 4.30. The van der Waals surface area contributed by atoms with Crippen molar-refractivity contribution < 1.29 is 0 Å². The molecule has 0 fully saturated rings. The third-order valence-electron chi connectivity index (χ3n) is 1.63. The Morgan fingerprint density at radius 2 is 2.56 bits per heavy atom. The molecule has 1 aromatic heterocycles. The van der Waals surface area contributed by atoms with Crippen LogP contribution in [0.25, 0.3) is 5.32 Å². The van der Waals surface area contributed by atoms with Gasteiger partial charge in [0.05, 0.1) is 0 Å². The molecule has 0 radical (unpaired) electrons. The van der Waals surface area contributed by atoms with Crippen LogP contribution in [0.2, 0.25) is 0 Å². The zero-order chi connectivity index (χ0) is 6.10. The molecule has 0 spiro atoms. The Bertz CT molecular complexity index is 184. The number of thiophene rings is 1. The summed E-state index contributed by atoms with van der Waals surface area (Å²) in [7, 11) is 0. The standard InChI is InChI=1S/C7H8NS/c1-3-8-5-7-6(1)2-4-9-7/h2,4H,1,3,5H2/q-1. The average Bonchev–Trinajstić information content (AvgIpc) is 2.33. The van der Waals surface area contributed by atoms with E-state index in [9.17, 15) is 0 Å². The van der Waals surface area contributed by atoms with Gasteiger partial charge in [0.1, 0.15) is 0 Å². The Morgan fingerprint density at radius 3 is 3.44 bits per heavy atom. The van der Waals surface area contributed by atoms with E-state index in [2.05, 4.69) is 16.8 Å². The van der Waals surface area contributed by atoms with E-state index < -0.39 is 0 Å². The fourth-order valence-corrected chi connectivity index (χ4v) is 1.99. The van der Waals surface area contributed by atoms with Crippen molar-refractivity contribution in [2.75, 3.05) is 6.54 Å². The minimum absolute atomic E-state index is 0.965. The number of hydrogen-bond acceptors (Lipinski definition) is 1. The number of rotatable bonds is 0. The molecule has 0 saturated heterocycles. The van der Waals surface area contributed by atoms with Gasteiger partial charge in [-0.3, -0.25) is 0 Å². The molecule has 0 atom stereocenters. The first-order valence-electron chi connectivity index (χ1n) is 3.15. The molecule has 0 aromatic carbocycles. The van der Waals surface area contributed by atoms with Gasteiger partial charge in [0.2, 0.25) is 0 Å². The van der Waals surface area contributed by atoms with Gasteiger partial charge in [-0.15, -0.1) is 13.1 Å². The van der Waals surface area contributed by atoms with Crippen molar-refractivity contribution in [1.82, 2.24) is 0 Å². The molecular weight excluding hydrogens is 130 g/mol. The van der Waals surface area contributed by atoms with Crippen LogP contribution in [0.3, 0.4) is 0 Å². The van der Waals surface area contributed by atoms with E-state index in [0.29, 0.717) is 0 Å². The van der Waals surface area contributed by atoms with Crippen LogP contribution in [0.15, 0.2) is 11.4 Å². The molecule has 1 aromatic rings. The maximum Gasteiger partial charge on any atom is -0.00883 e. The van der Waals surface area contributed by atoms with Crippen LogP contribution in [0.5, 0.6) is 0 Å². The van der Waals surface area contributed by atoms with Gasteiger partial charge >= 0.3 is 0 Å². The summed E-state index contributed by atoms with van der Waals surface area (Å²) in [6.07, 6.45) is 1.17. The number of hydrogen-bond donors (Lipinski definition) is 0. The largest absolute Gasteiger partial charge is 0.658 e. The number of fused-ring (bicyclic) bond motifs is 1. The van der Waals surface area contributed by atoms with Gasteiger partial charge in [-0.1, -0.05) is 0 Å². The van der Waals surface area contributed by atoms with E-state index in [0.717, 1.165) is 13.1 Å². The number of nitrogens with zero attached hydrogens (tertiary/aromatic N) is 1. The van der Waals surface area contributed by atoms with Crippen molar-refractivity contribution in [2.45, 2.75) is 13.0 Å². The zero-order valence-electron chi connectivity index (χ0n) is 5.13. The van der Waals surface area contributed by atoms with Crippen molar-refractivity contribution in [3.8, 4) is 0 Å². The second-order valence-corrected chi connectivity index (χ2v) is 3.23. The predicted octanol–water partition coefficient (Wildman–Crippen LogP) is 2.18. The molecular formula is C7H8NS-. The van der Waals surface area contributed by atoms with E-state index in [1.54, 1.807) is 0 Å². The van der Waals surface area contributed by atoms with E-state index in [4.69, 9.17) is 0 Å². The first kappa shape index (κ1) is 5.45. The van der Waals surface area contributed by atoms with Gasteiger partial charge in [-0.25, -0.2) is 0 Å². The fraction of sp³-hybridized carbons (Fsp3) is 0.429. The van der Waals surface area contributed by atoms with E-state index in [1.165, 1.54) is 16.9 Å². The maximum atomic E-state index is 4.30. The lowest BCUT2D eigenvalue weighted by atomic mass is 10.1. The molecule has 0 unspecified atom stereocenters. The van der Waals surface area contributed by atoms with Crippen LogP contribution >= 0.6 is 11.3 Å². The first-order valence-corrected chi connectivity index (χ1v) is 4.03. The van der Waals surface area contributed by atoms with E-state index in [1.807, 2.05) is 11.3 Å². The SMILES string of the molecule is c1cc2c(s1)C[N-]CC2. The summed E-state index contributed by atoms with van der Waals surface area (Å²) in [5.41, 5.74) is 1.52. The Hall–Kier alpha value is -0.340. The van der Waals surface area contributed by atoms with Gasteiger partial charge in [0, 0.05) is 0 Å². The fourth-order valence-electron chi connectivity index (χ4n) is 1.11. The van der Waals surface area contributed by atoms with Gasteiger partial charge in [-0.05, 0) is 28.3 Å². The summed E-state index contributed by atoms with van der Waals surface area (Å²) in [6, 6.07) is 2.22. The molecule has 1 aliphatic rings. The zero-order valence-corrected chi connectivity index (χ0v) is 5.95. The highest BCUT2D eigenvalue weighted by atomic mass is 32.1. The molecule has 1 nitrogen and oxygen atoms in total. The quantitative estimate of drug-likeness (QED) is 0.521. The molecule has 1 aliphatic heterocycles. The lowest BCUT2D eigenvalue weighted by Gasteiger charge is -2.24. The highest BCUT2D eigenvalue weighted by Gasteiger charge is 2.00. The van der Waals surface area contributed by atoms with Crippen LogP contribution in [-0.4, -0.2) is 6.54 Å². The summed E-state index contributed by atoms with van der Waals surface area (Å²) in [5.74, 6) is 0. The van der Waals surface area contributed by atoms with Gasteiger partial charge in [-0.2, -0.15) is 11.3 Å². The minimum atomic E-state index is 0.965. The van der Waals surface area contributed by atoms with Crippen LogP contribution in [0.1, 0.15) is 10.4 Å². The van der Waals surface area contributed by atoms with Crippen LogP contribution in [-0.2, 0) is 13.0 Å². The molecule has 48 valence electrons. The van der Waals surface area contributed by atoms with Crippen molar-refractivity contribution >= 4 is 11.3 Å².